The number of alkyl halides is 4. The first-order valence-electron chi connectivity index (χ1n) is 10.4. The highest BCUT2D eigenvalue weighted by Gasteiger charge is 2.42. The fraction of sp³-hybridized carbons (Fsp3) is 0.360. The van der Waals surface area contributed by atoms with Gasteiger partial charge in [0.1, 0.15) is 0 Å². The van der Waals surface area contributed by atoms with Crippen molar-refractivity contribution in [1.29, 1.82) is 0 Å². The van der Waals surface area contributed by atoms with Crippen molar-refractivity contribution in [2.24, 2.45) is 5.92 Å². The molecule has 0 heterocycles. The number of hydrogen-bond donors (Lipinski definition) is 0. The molecule has 0 saturated carbocycles. The van der Waals surface area contributed by atoms with E-state index in [2.05, 4.69) is 45.1 Å². The topological polar surface area (TPSA) is 3.24 Å². The molecule has 0 aromatic heterocycles. The van der Waals surface area contributed by atoms with Gasteiger partial charge in [0, 0.05) is 29.4 Å². The van der Waals surface area contributed by atoms with Crippen LogP contribution in [0.4, 0.5) is 13.2 Å². The number of rotatable bonds is 9. The summed E-state index contributed by atoms with van der Waals surface area (Å²) in [4.78, 5) is 2.22. The van der Waals surface area contributed by atoms with E-state index in [1.807, 2.05) is 36.4 Å². The maximum atomic E-state index is 13.4. The Bertz CT molecular complexity index is 841. The van der Waals surface area contributed by atoms with Gasteiger partial charge < -0.3 is 0 Å². The summed E-state index contributed by atoms with van der Waals surface area (Å²) in [6, 6.07) is 20.5. The highest BCUT2D eigenvalue weighted by atomic mass is 79.9. The van der Waals surface area contributed by atoms with Gasteiger partial charge in [-0.3, -0.25) is 4.90 Å². The summed E-state index contributed by atoms with van der Waals surface area (Å²) in [6.07, 6.45) is -0.179. The lowest BCUT2D eigenvalue weighted by Gasteiger charge is -2.31. The first kappa shape index (κ1) is 24.1. The van der Waals surface area contributed by atoms with Crippen LogP contribution in [0.3, 0.4) is 0 Å². The maximum Gasteiger partial charge on any atom is 0.396 e. The molecular weight excluding hydrogens is 487 g/mol. The minimum Gasteiger partial charge on any atom is -0.298 e. The molecule has 0 spiro atoms. The molecule has 1 unspecified atom stereocenters. The van der Waals surface area contributed by atoms with E-state index >= 15 is 0 Å². The van der Waals surface area contributed by atoms with Crippen LogP contribution in [0.1, 0.15) is 29.9 Å². The van der Waals surface area contributed by atoms with Gasteiger partial charge in [-0.1, -0.05) is 100 Å². The molecule has 31 heavy (non-hydrogen) atoms. The zero-order chi connectivity index (χ0) is 22.3. The average Bonchev–Trinajstić information content (AvgIpc) is 2.77. The highest BCUT2D eigenvalue weighted by molar-refractivity contribution is 9.09. The number of nitrogens with zero attached hydrogens (tertiary/aromatic N) is 1. The van der Waals surface area contributed by atoms with Gasteiger partial charge in [0.2, 0.25) is 0 Å². The van der Waals surface area contributed by atoms with Gasteiger partial charge in [-0.2, -0.15) is 13.2 Å². The largest absolute Gasteiger partial charge is 0.396 e. The predicted octanol–water partition coefficient (Wildman–Crippen LogP) is 7.54. The molecule has 6 heteroatoms. The number of hydrogen-bond acceptors (Lipinski definition) is 1. The van der Waals surface area contributed by atoms with Gasteiger partial charge in [-0.05, 0) is 36.1 Å². The van der Waals surface area contributed by atoms with Gasteiger partial charge in [0.05, 0.1) is 5.92 Å². The van der Waals surface area contributed by atoms with Crippen molar-refractivity contribution in [3.63, 3.8) is 0 Å². The van der Waals surface area contributed by atoms with Crippen molar-refractivity contribution in [2.75, 3.05) is 25.0 Å². The van der Waals surface area contributed by atoms with Gasteiger partial charge in [0.15, 0.2) is 0 Å². The van der Waals surface area contributed by atoms with E-state index in [1.165, 1.54) is 11.1 Å². The molecule has 2 aromatic carbocycles. The first-order chi connectivity index (χ1) is 14.9. The Morgan fingerprint density at radius 3 is 2.10 bits per heavy atom. The number of benzene rings is 2. The summed E-state index contributed by atoms with van der Waals surface area (Å²) < 4.78 is 40.2. The van der Waals surface area contributed by atoms with Crippen molar-refractivity contribution in [1.82, 2.24) is 4.90 Å². The molecule has 0 N–H and O–H groups in total. The Morgan fingerprint density at radius 2 is 1.58 bits per heavy atom. The van der Waals surface area contributed by atoms with E-state index in [0.717, 1.165) is 18.3 Å². The molecule has 0 amide bonds. The van der Waals surface area contributed by atoms with Crippen LogP contribution in [0.25, 0.3) is 0 Å². The fourth-order valence-electron chi connectivity index (χ4n) is 3.95. The third kappa shape index (κ3) is 6.71. The Hall–Kier alpha value is -1.56. The van der Waals surface area contributed by atoms with Crippen LogP contribution in [0.5, 0.6) is 0 Å². The zero-order valence-corrected chi connectivity index (χ0v) is 19.5. The molecule has 2 aromatic rings. The van der Waals surface area contributed by atoms with Crippen molar-refractivity contribution in [2.45, 2.75) is 24.9 Å². The summed E-state index contributed by atoms with van der Waals surface area (Å²) in [5.74, 6) is -1.49. The molecule has 0 saturated heterocycles. The lowest BCUT2D eigenvalue weighted by molar-refractivity contribution is -0.161. The Morgan fingerprint density at radius 1 is 1.00 bits per heavy atom. The Balaban J connectivity index is 1.88. The molecule has 1 aliphatic rings. The molecule has 0 fully saturated rings. The second-order valence-electron chi connectivity index (χ2n) is 7.76. The van der Waals surface area contributed by atoms with E-state index in [1.54, 1.807) is 12.2 Å². The maximum absolute atomic E-state index is 13.4. The van der Waals surface area contributed by atoms with Crippen LogP contribution in [0.15, 0.2) is 83.4 Å². The monoisotopic (exact) mass is 511 g/mol. The smallest absolute Gasteiger partial charge is 0.298 e. The SMILES string of the molecule is FC(F)(F)C1CC=CC(CN(CCCBr)CC(c2ccccc2)c2ccccc2)=C1Cl. The normalized spacial score (nSPS) is 17.1. The molecular formula is C25H26BrClF3N. The van der Waals surface area contributed by atoms with Crippen molar-refractivity contribution < 1.29 is 13.2 Å². The number of allylic oxidation sites excluding steroid dienone is 2. The molecule has 0 bridgehead atoms. The molecule has 3 rings (SSSR count). The minimum atomic E-state index is -4.33. The summed E-state index contributed by atoms with van der Waals surface area (Å²) in [6.45, 7) is 1.85. The second-order valence-corrected chi connectivity index (χ2v) is 8.96. The average molecular weight is 513 g/mol. The zero-order valence-electron chi connectivity index (χ0n) is 17.2. The Labute approximate surface area is 195 Å². The van der Waals surface area contributed by atoms with Crippen LogP contribution in [-0.2, 0) is 0 Å². The molecule has 1 nitrogen and oxygen atoms in total. The Kier molecular flexibility index (Phi) is 8.82. The third-order valence-corrected chi connectivity index (χ3v) is 6.61. The molecule has 0 radical (unpaired) electrons. The standard InChI is InChI=1S/C25H26BrClF3N/c26-15-8-16-31(17-21-13-7-14-23(24(21)27)25(28,29)30)18-22(19-9-3-1-4-10-19)20-11-5-2-6-12-20/h1-7,9-13,22-23H,8,14-18H2. The molecule has 1 aliphatic carbocycles. The molecule has 1 atom stereocenters. The van der Waals surface area contributed by atoms with Crippen LogP contribution >= 0.6 is 27.5 Å². The van der Waals surface area contributed by atoms with E-state index < -0.39 is 12.1 Å². The van der Waals surface area contributed by atoms with E-state index in [4.69, 9.17) is 11.6 Å². The molecule has 0 aliphatic heterocycles. The highest BCUT2D eigenvalue weighted by Crippen LogP contribution is 2.41. The summed E-state index contributed by atoms with van der Waals surface area (Å²) in [5, 5.41) is 0.758. The van der Waals surface area contributed by atoms with E-state index in [-0.39, 0.29) is 17.4 Å². The van der Waals surface area contributed by atoms with Gasteiger partial charge in [-0.15, -0.1) is 0 Å². The van der Waals surface area contributed by atoms with E-state index in [9.17, 15) is 13.2 Å². The van der Waals surface area contributed by atoms with Crippen LogP contribution in [0.2, 0.25) is 0 Å². The van der Waals surface area contributed by atoms with Gasteiger partial charge in [0.25, 0.3) is 0 Å². The summed E-state index contributed by atoms with van der Waals surface area (Å²) >= 11 is 9.73. The van der Waals surface area contributed by atoms with Crippen molar-refractivity contribution >= 4 is 27.5 Å². The fourth-order valence-corrected chi connectivity index (χ4v) is 4.54. The van der Waals surface area contributed by atoms with Crippen LogP contribution in [-0.4, -0.2) is 36.0 Å². The van der Waals surface area contributed by atoms with Crippen LogP contribution < -0.4 is 0 Å². The summed E-state index contributed by atoms with van der Waals surface area (Å²) in [5.41, 5.74) is 2.93. The quantitative estimate of drug-likeness (QED) is 0.314. The first-order valence-corrected chi connectivity index (χ1v) is 11.9. The van der Waals surface area contributed by atoms with Crippen molar-refractivity contribution in [3.05, 3.63) is 94.5 Å². The predicted molar refractivity (Wildman–Crippen MR) is 126 cm³/mol. The number of halogens is 5. The van der Waals surface area contributed by atoms with E-state index in [0.29, 0.717) is 18.7 Å². The van der Waals surface area contributed by atoms with Gasteiger partial charge in [-0.25, -0.2) is 0 Å². The van der Waals surface area contributed by atoms with Gasteiger partial charge >= 0.3 is 6.18 Å². The van der Waals surface area contributed by atoms with Crippen molar-refractivity contribution in [3.8, 4) is 0 Å². The minimum absolute atomic E-state index is 0.0742. The third-order valence-electron chi connectivity index (χ3n) is 5.55. The second kappa shape index (κ2) is 11.3. The lowest BCUT2D eigenvalue weighted by Crippen LogP contribution is -2.34. The summed E-state index contributed by atoms with van der Waals surface area (Å²) in [7, 11) is 0. The van der Waals surface area contributed by atoms with Crippen LogP contribution in [0, 0.1) is 5.92 Å². The molecule has 166 valence electrons. The lowest BCUT2D eigenvalue weighted by atomic mass is 9.90.